The smallest absolute Gasteiger partial charge is 0.388 e. The number of nitrogens with zero attached hydrogens (tertiary/aromatic N) is 3. The number of allylic oxidation sites excluding steroid dienone is 1. The maximum Gasteiger partial charge on any atom is 0.388 e. The first-order valence-electron chi connectivity index (χ1n) is 10.4. The number of alkyl halides is 2. The van der Waals surface area contributed by atoms with E-state index in [4.69, 9.17) is 4.74 Å². The maximum absolute atomic E-state index is 12.1. The van der Waals surface area contributed by atoms with Crippen molar-refractivity contribution < 1.29 is 23.4 Å². The molecule has 3 heterocycles. The lowest BCUT2D eigenvalue weighted by Gasteiger charge is -2.30. The van der Waals surface area contributed by atoms with Crippen molar-refractivity contribution in [3.8, 4) is 5.88 Å². The van der Waals surface area contributed by atoms with Crippen LogP contribution in [-0.4, -0.2) is 50.7 Å². The number of halogens is 2. The number of aromatic amines is 1. The third-order valence-electron chi connectivity index (χ3n) is 4.80. The van der Waals surface area contributed by atoms with E-state index in [0.29, 0.717) is 11.6 Å². The standard InChI is InChI=1S/C14H17F2N5O.C7H14O2/c1-3-5-9-10(6-4-2)18-12(8-17-9)19-11-7-13(21-20-11)22-14(15)16;1-2-7(8)3-5-9-6-4-7/h3,5,7-8,14H,4,6H2,1-2H3,(H2,18,19,20,21);8H,2-6H2,1H3/b5-3-;. The van der Waals surface area contributed by atoms with E-state index in [1.807, 2.05) is 26.0 Å². The van der Waals surface area contributed by atoms with Crippen LogP contribution in [0, 0.1) is 0 Å². The van der Waals surface area contributed by atoms with E-state index < -0.39 is 12.2 Å². The van der Waals surface area contributed by atoms with Crippen LogP contribution in [0.1, 0.15) is 57.8 Å². The van der Waals surface area contributed by atoms with Gasteiger partial charge in [0.25, 0.3) is 0 Å². The van der Waals surface area contributed by atoms with Crippen molar-refractivity contribution in [2.24, 2.45) is 0 Å². The van der Waals surface area contributed by atoms with Crippen LogP contribution in [0.5, 0.6) is 5.88 Å². The first-order valence-corrected chi connectivity index (χ1v) is 10.4. The van der Waals surface area contributed by atoms with Gasteiger partial charge < -0.3 is 19.9 Å². The molecule has 0 amide bonds. The van der Waals surface area contributed by atoms with E-state index in [1.165, 1.54) is 6.07 Å². The highest BCUT2D eigenvalue weighted by atomic mass is 19.3. The molecular weight excluding hydrogens is 408 g/mol. The highest BCUT2D eigenvalue weighted by Crippen LogP contribution is 2.23. The average Bonchev–Trinajstić information content (AvgIpc) is 3.17. The van der Waals surface area contributed by atoms with Crippen LogP contribution in [-0.2, 0) is 11.2 Å². The van der Waals surface area contributed by atoms with Crippen molar-refractivity contribution in [3.63, 3.8) is 0 Å². The number of anilines is 2. The summed E-state index contributed by atoms with van der Waals surface area (Å²) in [6, 6.07) is 1.33. The SMILES string of the molecule is C/C=C\c1ncc(Nc2cc(OC(F)F)n[nH]2)nc1CCC.CCC1(O)CCOCC1. The second-order valence-corrected chi connectivity index (χ2v) is 7.15. The first kappa shape index (κ1) is 24.7. The van der Waals surface area contributed by atoms with Gasteiger partial charge >= 0.3 is 6.61 Å². The van der Waals surface area contributed by atoms with Crippen LogP contribution in [0.4, 0.5) is 20.4 Å². The van der Waals surface area contributed by atoms with Gasteiger partial charge in [-0.2, -0.15) is 8.78 Å². The molecule has 0 atom stereocenters. The molecule has 1 aliphatic heterocycles. The summed E-state index contributed by atoms with van der Waals surface area (Å²) in [6.45, 7) is 4.54. The summed E-state index contributed by atoms with van der Waals surface area (Å²) >= 11 is 0. The molecular formula is C21H31F2N5O3. The normalized spacial score (nSPS) is 15.6. The van der Waals surface area contributed by atoms with E-state index >= 15 is 0 Å². The third-order valence-corrected chi connectivity index (χ3v) is 4.80. The predicted molar refractivity (Wildman–Crippen MR) is 115 cm³/mol. The number of hydrogen-bond acceptors (Lipinski definition) is 7. The van der Waals surface area contributed by atoms with E-state index in [1.54, 1.807) is 6.20 Å². The third kappa shape index (κ3) is 8.22. The number of rotatable bonds is 8. The summed E-state index contributed by atoms with van der Waals surface area (Å²) in [5, 5.41) is 18.7. The Hall–Kier alpha value is -2.59. The number of nitrogens with one attached hydrogen (secondary N) is 2. The monoisotopic (exact) mass is 439 g/mol. The van der Waals surface area contributed by atoms with Crippen molar-refractivity contribution in [3.05, 3.63) is 29.7 Å². The van der Waals surface area contributed by atoms with Gasteiger partial charge in [-0.05, 0) is 38.7 Å². The minimum absolute atomic E-state index is 0.190. The minimum Gasteiger partial charge on any atom is -0.415 e. The van der Waals surface area contributed by atoms with E-state index in [-0.39, 0.29) is 5.88 Å². The van der Waals surface area contributed by atoms with Crippen LogP contribution in [0.2, 0.25) is 0 Å². The fraction of sp³-hybridized carbons (Fsp3) is 0.571. The average molecular weight is 440 g/mol. The van der Waals surface area contributed by atoms with Gasteiger partial charge in [-0.1, -0.05) is 26.3 Å². The molecule has 0 aliphatic carbocycles. The molecule has 2 aromatic rings. The number of aryl methyl sites for hydroxylation is 1. The predicted octanol–water partition coefficient (Wildman–Crippen LogP) is 4.47. The van der Waals surface area contributed by atoms with Gasteiger partial charge in [0.05, 0.1) is 23.2 Å². The summed E-state index contributed by atoms with van der Waals surface area (Å²) in [6.07, 6.45) is 9.59. The van der Waals surface area contributed by atoms with Crippen LogP contribution >= 0.6 is 0 Å². The van der Waals surface area contributed by atoms with E-state index in [9.17, 15) is 13.9 Å². The Balaban J connectivity index is 0.000000316. The summed E-state index contributed by atoms with van der Waals surface area (Å²) < 4.78 is 33.5. The molecule has 3 N–H and O–H groups in total. The second-order valence-electron chi connectivity index (χ2n) is 7.15. The molecule has 1 aliphatic rings. The van der Waals surface area contributed by atoms with Gasteiger partial charge in [-0.3, -0.25) is 10.1 Å². The minimum atomic E-state index is -2.91. The fourth-order valence-electron chi connectivity index (χ4n) is 2.98. The Morgan fingerprint density at radius 3 is 2.68 bits per heavy atom. The van der Waals surface area contributed by atoms with Crippen molar-refractivity contribution in [1.82, 2.24) is 20.2 Å². The molecule has 1 saturated heterocycles. The van der Waals surface area contributed by atoms with Gasteiger partial charge in [0, 0.05) is 19.3 Å². The van der Waals surface area contributed by atoms with Crippen molar-refractivity contribution in [2.75, 3.05) is 18.5 Å². The summed E-state index contributed by atoms with van der Waals surface area (Å²) in [5.41, 5.74) is 1.29. The van der Waals surface area contributed by atoms with Crippen LogP contribution in [0.15, 0.2) is 18.3 Å². The molecule has 31 heavy (non-hydrogen) atoms. The Labute approximate surface area is 181 Å². The quantitative estimate of drug-likeness (QED) is 0.557. The molecule has 0 saturated carbocycles. The highest BCUT2D eigenvalue weighted by Gasteiger charge is 2.26. The Morgan fingerprint density at radius 2 is 2.10 bits per heavy atom. The zero-order valence-electron chi connectivity index (χ0n) is 18.2. The zero-order chi connectivity index (χ0) is 22.7. The molecule has 1 fully saturated rings. The Kier molecular flexibility index (Phi) is 9.80. The molecule has 0 aromatic carbocycles. The fourth-order valence-corrected chi connectivity index (χ4v) is 2.98. The molecule has 10 heteroatoms. The number of hydrogen-bond donors (Lipinski definition) is 3. The van der Waals surface area contributed by atoms with Crippen LogP contribution < -0.4 is 10.1 Å². The van der Waals surface area contributed by atoms with Gasteiger partial charge in [0.2, 0.25) is 5.88 Å². The molecule has 3 rings (SSSR count). The Bertz CT molecular complexity index is 823. The van der Waals surface area contributed by atoms with Gasteiger partial charge in [-0.25, -0.2) is 4.98 Å². The topological polar surface area (TPSA) is 105 Å². The maximum atomic E-state index is 12.1. The van der Waals surface area contributed by atoms with Gasteiger partial charge in [0.15, 0.2) is 0 Å². The molecule has 2 aromatic heterocycles. The van der Waals surface area contributed by atoms with Crippen LogP contribution in [0.3, 0.4) is 0 Å². The van der Waals surface area contributed by atoms with Gasteiger partial charge in [0.1, 0.15) is 11.6 Å². The molecule has 0 spiro atoms. The lowest BCUT2D eigenvalue weighted by atomic mass is 9.92. The molecule has 0 bridgehead atoms. The number of ether oxygens (including phenoxy) is 2. The highest BCUT2D eigenvalue weighted by molar-refractivity contribution is 5.55. The summed E-state index contributed by atoms with van der Waals surface area (Å²) in [5.74, 6) is 0.708. The number of aromatic nitrogens is 4. The Morgan fingerprint density at radius 1 is 1.35 bits per heavy atom. The van der Waals surface area contributed by atoms with Gasteiger partial charge in [-0.15, -0.1) is 5.10 Å². The second kappa shape index (κ2) is 12.3. The molecule has 172 valence electrons. The molecule has 0 radical (unpaired) electrons. The lowest BCUT2D eigenvalue weighted by Crippen LogP contribution is -2.35. The zero-order valence-corrected chi connectivity index (χ0v) is 18.2. The molecule has 8 nitrogen and oxygen atoms in total. The van der Waals surface area contributed by atoms with Crippen molar-refractivity contribution in [1.29, 1.82) is 0 Å². The summed E-state index contributed by atoms with van der Waals surface area (Å²) in [7, 11) is 0. The van der Waals surface area contributed by atoms with E-state index in [0.717, 1.165) is 56.7 Å². The molecule has 0 unspecified atom stereocenters. The van der Waals surface area contributed by atoms with E-state index in [2.05, 4.69) is 37.1 Å². The van der Waals surface area contributed by atoms with Crippen molar-refractivity contribution in [2.45, 2.75) is 65.1 Å². The van der Waals surface area contributed by atoms with Crippen LogP contribution in [0.25, 0.3) is 6.08 Å². The summed E-state index contributed by atoms with van der Waals surface area (Å²) in [4.78, 5) is 8.83. The number of H-pyrrole nitrogens is 1. The first-order chi connectivity index (χ1) is 14.9. The largest absolute Gasteiger partial charge is 0.415 e. The van der Waals surface area contributed by atoms with Crippen molar-refractivity contribution >= 4 is 17.7 Å². The number of aliphatic hydroxyl groups is 1. The lowest BCUT2D eigenvalue weighted by molar-refractivity contribution is -0.0651.